The molecule has 0 rings (SSSR count). The maximum atomic E-state index is 12.9. The fraction of sp³-hybridized carbons (Fsp3) is 0.554. The molecule has 0 bridgehead atoms. The normalized spacial score (nSPS) is 14.0. The molecule has 0 heterocycles. The van der Waals surface area contributed by atoms with Gasteiger partial charge in [-0.15, -0.1) is 0 Å². The van der Waals surface area contributed by atoms with Crippen LogP contribution in [0.1, 0.15) is 206 Å². The number of allylic oxidation sites excluding steroid dienone is 30. The maximum Gasteiger partial charge on any atom is 0.361 e. The van der Waals surface area contributed by atoms with Crippen molar-refractivity contribution >= 4 is 17.9 Å². The monoisotopic (exact) mass is 1150 g/mol. The summed E-state index contributed by atoms with van der Waals surface area (Å²) in [5.41, 5.74) is 0. The van der Waals surface area contributed by atoms with E-state index in [9.17, 15) is 19.5 Å². The quantitative estimate of drug-likeness (QED) is 0.0211. The fourth-order valence-electron chi connectivity index (χ4n) is 7.83. The lowest BCUT2D eigenvalue weighted by Crippen LogP contribution is -2.40. The zero-order chi connectivity index (χ0) is 60.5. The van der Waals surface area contributed by atoms with Crippen molar-refractivity contribution in [3.05, 3.63) is 182 Å². The third-order valence-electron chi connectivity index (χ3n) is 12.7. The van der Waals surface area contributed by atoms with E-state index < -0.39 is 30.3 Å². The van der Waals surface area contributed by atoms with Crippen molar-refractivity contribution < 1.29 is 42.9 Å². The molecule has 9 heteroatoms. The average Bonchev–Trinajstić information content (AvgIpc) is 3.46. The topological polar surface area (TPSA) is 108 Å². The molecule has 0 radical (unpaired) electrons. The number of carbonyl (C=O) groups excluding carboxylic acids is 2. The molecule has 0 saturated carbocycles. The number of carboxylic acids is 1. The van der Waals surface area contributed by atoms with Crippen molar-refractivity contribution in [1.82, 2.24) is 0 Å². The number of esters is 2. The molecular weight excluding hydrogens is 1030 g/mol. The van der Waals surface area contributed by atoms with Gasteiger partial charge in [-0.1, -0.05) is 241 Å². The minimum atomic E-state index is -1.54. The van der Waals surface area contributed by atoms with Crippen molar-refractivity contribution in [1.29, 1.82) is 0 Å². The first-order valence-electron chi connectivity index (χ1n) is 31.9. The van der Waals surface area contributed by atoms with Crippen molar-refractivity contribution in [2.24, 2.45) is 0 Å². The lowest BCUT2D eigenvalue weighted by Gasteiger charge is -2.25. The number of likely N-dealkylation sites (N-methyl/N-ethyl adjacent to an activating group) is 1. The van der Waals surface area contributed by atoms with Gasteiger partial charge in [-0.05, 0) is 135 Å². The molecular formula is C74H116NO8+. The number of hydrogen-bond acceptors (Lipinski definition) is 7. The van der Waals surface area contributed by atoms with Gasteiger partial charge in [0.05, 0.1) is 34.4 Å². The molecule has 83 heavy (non-hydrogen) atoms. The molecule has 2 unspecified atom stereocenters. The van der Waals surface area contributed by atoms with Crippen molar-refractivity contribution in [2.75, 3.05) is 47.5 Å². The Morgan fingerprint density at radius 3 is 0.988 bits per heavy atom. The first-order valence-corrected chi connectivity index (χ1v) is 31.9. The van der Waals surface area contributed by atoms with E-state index >= 15 is 0 Å². The lowest BCUT2D eigenvalue weighted by molar-refractivity contribution is -0.870. The van der Waals surface area contributed by atoms with Crippen LogP contribution in [0.3, 0.4) is 0 Å². The third kappa shape index (κ3) is 63.8. The Morgan fingerprint density at radius 1 is 0.361 bits per heavy atom. The van der Waals surface area contributed by atoms with Crippen molar-refractivity contribution in [2.45, 2.75) is 219 Å². The Hall–Kier alpha value is -5.61. The van der Waals surface area contributed by atoms with Gasteiger partial charge in [0.1, 0.15) is 13.2 Å². The maximum absolute atomic E-state index is 12.9. The fourth-order valence-corrected chi connectivity index (χ4v) is 7.83. The molecule has 1 N–H and O–H groups in total. The van der Waals surface area contributed by atoms with Gasteiger partial charge in [0.2, 0.25) is 0 Å². The Morgan fingerprint density at radius 2 is 0.651 bits per heavy atom. The standard InChI is InChI=1S/C74H115NO8/c1-6-8-10-12-14-16-18-20-22-24-26-28-29-30-31-32-33-34-35-36-37-38-39-40-41-42-43-45-47-49-51-53-55-57-59-61-63-65-72(77)83-70(69-82-74(73(78)79)80-67-66-75(3,4)5)68-81-71(76)64-62-60-58-56-54-52-50-48-46-44-27-25-23-21-19-17-15-13-11-9-7-2/h8-11,14-17,20-23,26-28,30-31,33-34,36-37,39-40,42-44,48,50,54,56,70,74H,6-7,12-13,18-19,24-25,29,32,35,38,41,45-47,49,51-53,55,57-69H2,1-5H3/p+1/b10-8-,11-9-,16-14-,17-15-,22-20-,23-21-,28-26-,31-30-,34-33-,37-36-,40-39-,43-42-,44-27-,50-48-,56-54-. The second kappa shape index (κ2) is 62.4. The molecule has 0 aliphatic carbocycles. The smallest absolute Gasteiger partial charge is 0.361 e. The molecule has 0 aromatic rings. The minimum Gasteiger partial charge on any atom is -0.477 e. The second-order valence-corrected chi connectivity index (χ2v) is 21.6. The molecule has 0 spiro atoms. The Bertz CT molecular complexity index is 2010. The van der Waals surface area contributed by atoms with E-state index in [2.05, 4.69) is 196 Å². The van der Waals surface area contributed by atoms with Gasteiger partial charge in [0, 0.05) is 12.8 Å². The number of unbranched alkanes of at least 4 members (excludes halogenated alkanes) is 11. The van der Waals surface area contributed by atoms with Gasteiger partial charge in [0.15, 0.2) is 6.10 Å². The van der Waals surface area contributed by atoms with Crippen LogP contribution in [0.15, 0.2) is 182 Å². The number of ether oxygens (including phenoxy) is 4. The number of hydrogen-bond donors (Lipinski definition) is 1. The number of carbonyl (C=O) groups is 3. The number of nitrogens with zero attached hydrogens (tertiary/aromatic N) is 1. The van der Waals surface area contributed by atoms with Gasteiger partial charge in [-0.25, -0.2) is 4.79 Å². The van der Waals surface area contributed by atoms with Crippen molar-refractivity contribution in [3.63, 3.8) is 0 Å². The van der Waals surface area contributed by atoms with Gasteiger partial charge < -0.3 is 28.5 Å². The van der Waals surface area contributed by atoms with Crippen LogP contribution in [0.4, 0.5) is 0 Å². The van der Waals surface area contributed by atoms with Crippen LogP contribution in [0.5, 0.6) is 0 Å². The van der Waals surface area contributed by atoms with Crippen LogP contribution >= 0.6 is 0 Å². The molecule has 2 atom stereocenters. The summed E-state index contributed by atoms with van der Waals surface area (Å²) in [6, 6.07) is 0. The van der Waals surface area contributed by atoms with E-state index in [0.29, 0.717) is 23.9 Å². The van der Waals surface area contributed by atoms with Crippen LogP contribution in [0.2, 0.25) is 0 Å². The van der Waals surface area contributed by atoms with Crippen LogP contribution in [-0.2, 0) is 33.3 Å². The summed E-state index contributed by atoms with van der Waals surface area (Å²) in [6.07, 6.45) is 92.7. The van der Waals surface area contributed by atoms with E-state index in [1.807, 2.05) is 21.1 Å². The summed E-state index contributed by atoms with van der Waals surface area (Å²) in [5, 5.41) is 9.72. The molecule has 0 aromatic heterocycles. The Balaban J connectivity index is 4.29. The van der Waals surface area contributed by atoms with Crippen LogP contribution < -0.4 is 0 Å². The summed E-state index contributed by atoms with van der Waals surface area (Å²) in [5.74, 6) is -2.10. The van der Waals surface area contributed by atoms with Crippen LogP contribution in [-0.4, -0.2) is 87.4 Å². The summed E-state index contributed by atoms with van der Waals surface area (Å²) >= 11 is 0. The van der Waals surface area contributed by atoms with E-state index in [-0.39, 0.29) is 32.7 Å². The third-order valence-corrected chi connectivity index (χ3v) is 12.7. The van der Waals surface area contributed by atoms with Gasteiger partial charge >= 0.3 is 17.9 Å². The van der Waals surface area contributed by atoms with E-state index in [1.54, 1.807) is 0 Å². The molecule has 0 aliphatic rings. The second-order valence-electron chi connectivity index (χ2n) is 21.6. The molecule has 0 amide bonds. The lowest BCUT2D eigenvalue weighted by atomic mass is 10.1. The minimum absolute atomic E-state index is 0.169. The van der Waals surface area contributed by atoms with Gasteiger partial charge in [0.25, 0.3) is 6.29 Å². The predicted octanol–water partition coefficient (Wildman–Crippen LogP) is 19.7. The van der Waals surface area contributed by atoms with Crippen molar-refractivity contribution in [3.8, 4) is 0 Å². The van der Waals surface area contributed by atoms with Gasteiger partial charge in [-0.3, -0.25) is 9.59 Å². The molecule has 464 valence electrons. The molecule has 0 saturated heterocycles. The highest BCUT2D eigenvalue weighted by Crippen LogP contribution is 2.14. The summed E-state index contributed by atoms with van der Waals surface area (Å²) in [6.45, 7) is 4.56. The number of aliphatic carboxylic acids is 1. The summed E-state index contributed by atoms with van der Waals surface area (Å²) in [4.78, 5) is 37.5. The Kier molecular flexibility index (Phi) is 58.2. The summed E-state index contributed by atoms with van der Waals surface area (Å²) < 4.78 is 22.8. The Labute approximate surface area is 507 Å². The number of carboxylic acid groups (broad SMARTS) is 1. The highest BCUT2D eigenvalue weighted by atomic mass is 16.7. The SMILES string of the molecule is CC/C=C\C/C=C\C/C=C\C/C=C\C/C=C\C/C=C\C/C=C\C/C=C\C/C=C\CCCCCCCCCCCC(=O)OC(COC(=O)CCCC/C=C\C/C=C\C/C=C\C/C=C\C/C=C\C/C=C\CC)COC(OCC[N+](C)(C)C)C(=O)O. The van der Waals surface area contributed by atoms with E-state index in [1.165, 1.54) is 32.1 Å². The molecule has 0 aromatic carbocycles. The van der Waals surface area contributed by atoms with E-state index in [0.717, 1.165) is 135 Å². The van der Waals surface area contributed by atoms with E-state index in [4.69, 9.17) is 18.9 Å². The summed E-state index contributed by atoms with van der Waals surface area (Å²) in [7, 11) is 5.94. The molecule has 0 aliphatic heterocycles. The number of quaternary nitrogens is 1. The largest absolute Gasteiger partial charge is 0.477 e. The number of rotatable bonds is 56. The van der Waals surface area contributed by atoms with Crippen LogP contribution in [0, 0.1) is 0 Å². The van der Waals surface area contributed by atoms with Crippen LogP contribution in [0.25, 0.3) is 0 Å². The molecule has 9 nitrogen and oxygen atoms in total. The first kappa shape index (κ1) is 77.4. The average molecular weight is 1150 g/mol. The predicted molar refractivity (Wildman–Crippen MR) is 354 cm³/mol. The highest BCUT2D eigenvalue weighted by molar-refractivity contribution is 5.71. The first-order chi connectivity index (χ1) is 40.6. The van der Waals surface area contributed by atoms with Gasteiger partial charge in [-0.2, -0.15) is 0 Å². The molecule has 0 fully saturated rings. The zero-order valence-corrected chi connectivity index (χ0v) is 52.8. The highest BCUT2D eigenvalue weighted by Gasteiger charge is 2.25. The zero-order valence-electron chi connectivity index (χ0n) is 52.8.